The van der Waals surface area contributed by atoms with E-state index < -0.39 is 22.4 Å². The predicted molar refractivity (Wildman–Crippen MR) is 126 cm³/mol. The summed E-state index contributed by atoms with van der Waals surface area (Å²) in [6.07, 6.45) is 0. The van der Waals surface area contributed by atoms with Crippen LogP contribution in [-0.4, -0.2) is 61.6 Å². The Labute approximate surface area is 194 Å². The molecule has 0 fully saturated rings. The van der Waals surface area contributed by atoms with E-state index in [1.54, 1.807) is 38.4 Å². The number of rotatable bonds is 7. The molecule has 0 N–H and O–H groups in total. The molecule has 0 unspecified atom stereocenters. The normalized spacial score (nSPS) is 11.9. The molecule has 0 aliphatic rings. The van der Waals surface area contributed by atoms with Crippen molar-refractivity contribution < 1.29 is 14.3 Å². The molecule has 33 heavy (non-hydrogen) atoms. The second kappa shape index (κ2) is 9.57. The fourth-order valence-corrected chi connectivity index (χ4v) is 4.30. The zero-order chi connectivity index (χ0) is 24.4. The summed E-state index contributed by atoms with van der Waals surface area (Å²) < 4.78 is 7.66. The van der Waals surface area contributed by atoms with Gasteiger partial charge in [0.25, 0.3) is 5.56 Å². The van der Waals surface area contributed by atoms with E-state index in [1.807, 2.05) is 6.92 Å². The van der Waals surface area contributed by atoms with Crippen LogP contribution < -0.4 is 16.0 Å². The first-order valence-electron chi connectivity index (χ1n) is 10.2. The average Bonchev–Trinajstić information content (AvgIpc) is 2.79. The van der Waals surface area contributed by atoms with Crippen LogP contribution in [0.15, 0.2) is 38.9 Å². The van der Waals surface area contributed by atoms with Crippen LogP contribution in [-0.2, 0) is 23.7 Å². The number of carbonyl (C=O) groups excluding carboxylic acids is 2. The molecule has 0 saturated carbocycles. The summed E-state index contributed by atoms with van der Waals surface area (Å²) in [4.78, 5) is 60.8. The van der Waals surface area contributed by atoms with Gasteiger partial charge in [-0.15, -0.1) is 0 Å². The minimum Gasteiger partial charge on any atom is -0.494 e. The van der Waals surface area contributed by atoms with Gasteiger partial charge in [-0.05, 0) is 38.1 Å². The molecule has 0 aliphatic heterocycles. The summed E-state index contributed by atoms with van der Waals surface area (Å²) in [5.41, 5.74) is -0.418. The van der Waals surface area contributed by atoms with Crippen LogP contribution in [0.3, 0.4) is 0 Å². The Morgan fingerprint density at radius 3 is 2.27 bits per heavy atom. The summed E-state index contributed by atoms with van der Waals surface area (Å²) in [6, 6.07) is 7.03. The third-order valence-corrected chi connectivity index (χ3v) is 6.24. The van der Waals surface area contributed by atoms with Crippen molar-refractivity contribution in [2.45, 2.75) is 24.1 Å². The van der Waals surface area contributed by atoms with Crippen molar-refractivity contribution in [2.75, 3.05) is 20.7 Å². The summed E-state index contributed by atoms with van der Waals surface area (Å²) in [5.74, 6) is 0.111. The van der Waals surface area contributed by atoms with Gasteiger partial charge >= 0.3 is 5.69 Å². The molecular formula is C22H25N5O5S. The van der Waals surface area contributed by atoms with Crippen molar-refractivity contribution in [2.24, 2.45) is 14.1 Å². The summed E-state index contributed by atoms with van der Waals surface area (Å²) in [7, 11) is 5.95. The van der Waals surface area contributed by atoms with E-state index in [9.17, 15) is 19.2 Å². The lowest BCUT2D eigenvalue weighted by Crippen LogP contribution is -2.38. The standard InChI is InChI=1S/C22H25N5O5S/c1-7-32-14-10-8-13(9-11-14)17-23-18-15(20(29)27(6)22(31)26(18)5)19(24-17)33-16(12(2)28)21(30)25(3)4/h8-11,16H,7H2,1-6H3/t16-/m0/s1. The lowest BCUT2D eigenvalue weighted by molar-refractivity contribution is -0.132. The van der Waals surface area contributed by atoms with Crippen molar-refractivity contribution in [1.29, 1.82) is 0 Å². The maximum atomic E-state index is 13.0. The molecule has 1 amide bonds. The molecule has 0 spiro atoms. The Bertz CT molecular complexity index is 1340. The minimum atomic E-state index is -1.10. The highest BCUT2D eigenvalue weighted by Crippen LogP contribution is 2.30. The van der Waals surface area contributed by atoms with Crippen LogP contribution in [0.1, 0.15) is 13.8 Å². The molecule has 2 heterocycles. The number of Topliss-reactive ketones (excluding diaryl/α,β-unsaturated/α-hetero) is 1. The van der Waals surface area contributed by atoms with E-state index in [0.29, 0.717) is 17.9 Å². The predicted octanol–water partition coefficient (Wildman–Crippen LogP) is 1.23. The number of carbonyl (C=O) groups is 2. The topological polar surface area (TPSA) is 116 Å². The maximum Gasteiger partial charge on any atom is 0.332 e. The molecule has 11 heteroatoms. The number of aromatic nitrogens is 4. The Morgan fingerprint density at radius 2 is 1.73 bits per heavy atom. The molecule has 174 valence electrons. The Morgan fingerprint density at radius 1 is 1.09 bits per heavy atom. The molecule has 3 aromatic rings. The fourth-order valence-electron chi connectivity index (χ4n) is 3.16. The lowest BCUT2D eigenvalue weighted by atomic mass is 10.2. The number of benzene rings is 1. The highest BCUT2D eigenvalue weighted by molar-refractivity contribution is 8.01. The molecular weight excluding hydrogens is 446 g/mol. The molecule has 0 bridgehead atoms. The number of aryl methyl sites for hydroxylation is 1. The number of ketones is 1. The van der Waals surface area contributed by atoms with Gasteiger partial charge in [0.2, 0.25) is 5.91 Å². The van der Waals surface area contributed by atoms with Crippen molar-refractivity contribution >= 4 is 34.5 Å². The summed E-state index contributed by atoms with van der Waals surface area (Å²) >= 11 is 0.875. The molecule has 1 aromatic carbocycles. The SMILES string of the molecule is CCOc1ccc(-c2nc(S[C@@H](C(C)=O)C(=O)N(C)C)c3c(=O)n(C)c(=O)n(C)c3n2)cc1. The first kappa shape index (κ1) is 24.2. The van der Waals surface area contributed by atoms with Crippen molar-refractivity contribution in [3.05, 3.63) is 45.1 Å². The first-order chi connectivity index (χ1) is 15.6. The van der Waals surface area contributed by atoms with Gasteiger partial charge in [0.05, 0.1) is 6.61 Å². The molecule has 1 atom stereocenters. The van der Waals surface area contributed by atoms with Crippen molar-refractivity contribution in [1.82, 2.24) is 24.0 Å². The van der Waals surface area contributed by atoms with Gasteiger partial charge in [-0.1, -0.05) is 11.8 Å². The average molecular weight is 472 g/mol. The summed E-state index contributed by atoms with van der Waals surface area (Å²) in [6.45, 7) is 3.71. The van der Waals surface area contributed by atoms with Gasteiger partial charge < -0.3 is 9.64 Å². The number of fused-ring (bicyclic) bond motifs is 1. The quantitative estimate of drug-likeness (QED) is 0.287. The lowest BCUT2D eigenvalue weighted by Gasteiger charge is -2.19. The third kappa shape index (κ3) is 4.68. The van der Waals surface area contributed by atoms with Gasteiger partial charge in [-0.3, -0.25) is 23.5 Å². The van der Waals surface area contributed by atoms with Gasteiger partial charge in [0.15, 0.2) is 17.3 Å². The first-order valence-corrected chi connectivity index (χ1v) is 11.0. The molecule has 10 nitrogen and oxygen atoms in total. The zero-order valence-electron chi connectivity index (χ0n) is 19.3. The van der Waals surface area contributed by atoms with Crippen LogP contribution in [0, 0.1) is 0 Å². The van der Waals surface area contributed by atoms with E-state index in [0.717, 1.165) is 16.3 Å². The fraction of sp³-hybridized carbons (Fsp3) is 0.364. The second-order valence-corrected chi connectivity index (χ2v) is 8.65. The van der Waals surface area contributed by atoms with Crippen LogP contribution in [0.4, 0.5) is 0 Å². The number of ether oxygens (including phenoxy) is 1. The van der Waals surface area contributed by atoms with E-state index in [4.69, 9.17) is 4.74 Å². The second-order valence-electron chi connectivity index (χ2n) is 7.56. The molecule has 2 aromatic heterocycles. The zero-order valence-corrected chi connectivity index (χ0v) is 20.1. The van der Waals surface area contributed by atoms with Gasteiger partial charge in [0.1, 0.15) is 21.4 Å². The minimum absolute atomic E-state index is 0.0668. The van der Waals surface area contributed by atoms with E-state index in [2.05, 4.69) is 9.97 Å². The Kier molecular flexibility index (Phi) is 7.01. The highest BCUT2D eigenvalue weighted by Gasteiger charge is 2.29. The van der Waals surface area contributed by atoms with E-state index >= 15 is 0 Å². The molecule has 0 saturated heterocycles. The largest absolute Gasteiger partial charge is 0.494 e. The number of hydrogen-bond acceptors (Lipinski definition) is 8. The monoisotopic (exact) mass is 471 g/mol. The van der Waals surface area contributed by atoms with E-state index in [1.165, 1.54) is 30.5 Å². The van der Waals surface area contributed by atoms with Gasteiger partial charge in [0, 0.05) is 33.8 Å². The molecule has 0 aliphatic carbocycles. The van der Waals surface area contributed by atoms with Gasteiger partial charge in [-0.25, -0.2) is 14.8 Å². The number of nitrogens with zero attached hydrogens (tertiary/aromatic N) is 5. The molecule has 0 radical (unpaired) electrons. The maximum absolute atomic E-state index is 13.0. The van der Waals surface area contributed by atoms with Gasteiger partial charge in [-0.2, -0.15) is 0 Å². The summed E-state index contributed by atoms with van der Waals surface area (Å²) in [5, 5.41) is -0.888. The van der Waals surface area contributed by atoms with Crippen LogP contribution in [0.25, 0.3) is 22.4 Å². The van der Waals surface area contributed by atoms with E-state index in [-0.39, 0.29) is 27.7 Å². The van der Waals surface area contributed by atoms with Crippen LogP contribution in [0.5, 0.6) is 5.75 Å². The number of hydrogen-bond donors (Lipinski definition) is 0. The smallest absolute Gasteiger partial charge is 0.332 e. The van der Waals surface area contributed by atoms with Crippen molar-refractivity contribution in [3.63, 3.8) is 0 Å². The van der Waals surface area contributed by atoms with Crippen molar-refractivity contribution in [3.8, 4) is 17.1 Å². The number of amides is 1. The van der Waals surface area contributed by atoms with Crippen LogP contribution >= 0.6 is 11.8 Å². The third-order valence-electron chi connectivity index (χ3n) is 4.95. The Balaban J connectivity index is 2.29. The van der Waals surface area contributed by atoms with Crippen LogP contribution in [0.2, 0.25) is 0 Å². The Hall–Kier alpha value is -3.47. The highest BCUT2D eigenvalue weighted by atomic mass is 32.2. The molecule has 3 rings (SSSR count). The number of thioether (sulfide) groups is 1.